The molecule has 1 unspecified atom stereocenters. The van der Waals surface area contributed by atoms with Crippen LogP contribution in [0.15, 0.2) is 36.4 Å². The predicted octanol–water partition coefficient (Wildman–Crippen LogP) is 5.89. The zero-order chi connectivity index (χ0) is 26.4. The van der Waals surface area contributed by atoms with Crippen molar-refractivity contribution in [2.45, 2.75) is 69.7 Å². The molecule has 202 valence electrons. The lowest BCUT2D eigenvalue weighted by molar-refractivity contribution is -0.138. The molecule has 2 aromatic carbocycles. The summed E-state index contributed by atoms with van der Waals surface area (Å²) in [5.74, 6) is 0.265. The van der Waals surface area contributed by atoms with Crippen molar-refractivity contribution in [3.05, 3.63) is 63.9 Å². The highest BCUT2D eigenvalue weighted by Crippen LogP contribution is 2.47. The lowest BCUT2D eigenvalue weighted by Crippen LogP contribution is -2.47. The lowest BCUT2D eigenvalue weighted by Gasteiger charge is -2.42. The highest BCUT2D eigenvalue weighted by molar-refractivity contribution is 6.31. The molecule has 4 aliphatic rings. The van der Waals surface area contributed by atoms with E-state index in [9.17, 15) is 14.0 Å². The van der Waals surface area contributed by atoms with Crippen molar-refractivity contribution in [1.82, 2.24) is 9.80 Å². The number of piperidine rings is 1. The number of halogens is 2. The number of carbonyl (C=O) groups excluding carboxylic acids is 2. The van der Waals surface area contributed by atoms with E-state index in [-0.39, 0.29) is 29.1 Å². The topological polar surface area (TPSA) is 43.9 Å². The molecule has 1 atom stereocenters. The van der Waals surface area contributed by atoms with Crippen LogP contribution in [0.5, 0.6) is 0 Å². The largest absolute Gasteiger partial charge is 0.335 e. The Morgan fingerprint density at radius 1 is 1.08 bits per heavy atom. The van der Waals surface area contributed by atoms with Gasteiger partial charge in [0.25, 0.3) is 0 Å². The number of anilines is 1. The first-order chi connectivity index (χ1) is 18.4. The van der Waals surface area contributed by atoms with E-state index in [1.165, 1.54) is 17.2 Å². The van der Waals surface area contributed by atoms with Gasteiger partial charge in [0.2, 0.25) is 11.8 Å². The van der Waals surface area contributed by atoms with Crippen LogP contribution in [-0.2, 0) is 21.4 Å². The summed E-state index contributed by atoms with van der Waals surface area (Å²) in [4.78, 5) is 32.4. The molecule has 1 aliphatic carbocycles. The maximum atomic E-state index is 14.2. The zero-order valence-corrected chi connectivity index (χ0v) is 23.0. The molecular weight excluding hydrogens is 501 g/mol. The first kappa shape index (κ1) is 25.8. The molecule has 38 heavy (non-hydrogen) atoms. The number of rotatable bonds is 4. The van der Waals surface area contributed by atoms with Crippen LogP contribution in [0.4, 0.5) is 10.1 Å². The van der Waals surface area contributed by atoms with Gasteiger partial charge in [-0.05, 0) is 92.6 Å². The average molecular weight is 538 g/mol. The van der Waals surface area contributed by atoms with Crippen LogP contribution in [0.3, 0.4) is 0 Å². The number of fused-ring (bicyclic) bond motifs is 3. The molecular formula is C31H37ClFN3O2. The summed E-state index contributed by atoms with van der Waals surface area (Å²) in [5.41, 5.74) is 4.07. The van der Waals surface area contributed by atoms with Gasteiger partial charge in [-0.25, -0.2) is 4.39 Å². The highest BCUT2D eigenvalue weighted by Gasteiger charge is 2.46. The van der Waals surface area contributed by atoms with Crippen molar-refractivity contribution in [1.29, 1.82) is 0 Å². The number of hydrogen-bond donors (Lipinski definition) is 0. The van der Waals surface area contributed by atoms with Gasteiger partial charge in [-0.3, -0.25) is 9.59 Å². The van der Waals surface area contributed by atoms with Gasteiger partial charge in [-0.15, -0.1) is 0 Å². The molecule has 0 aromatic heterocycles. The number of amides is 2. The second kappa shape index (κ2) is 10.3. The number of likely N-dealkylation sites (tertiary alicyclic amines) is 1. The first-order valence-electron chi connectivity index (χ1n) is 14.2. The molecule has 1 saturated heterocycles. The van der Waals surface area contributed by atoms with Gasteiger partial charge in [-0.2, -0.15) is 0 Å². The Kier molecular flexibility index (Phi) is 6.98. The van der Waals surface area contributed by atoms with E-state index in [0.29, 0.717) is 12.5 Å². The van der Waals surface area contributed by atoms with Crippen LogP contribution in [0.25, 0.3) is 0 Å². The van der Waals surface area contributed by atoms with E-state index in [2.05, 4.69) is 15.9 Å². The third-order valence-corrected chi connectivity index (χ3v) is 10.0. The molecule has 0 N–H and O–H groups in total. The Morgan fingerprint density at radius 2 is 1.84 bits per heavy atom. The van der Waals surface area contributed by atoms with Gasteiger partial charge < -0.3 is 14.7 Å². The van der Waals surface area contributed by atoms with Crippen LogP contribution in [0.2, 0.25) is 5.02 Å². The van der Waals surface area contributed by atoms with Gasteiger partial charge in [0.1, 0.15) is 5.82 Å². The van der Waals surface area contributed by atoms with Crippen LogP contribution >= 0.6 is 11.6 Å². The third kappa shape index (κ3) is 4.54. The van der Waals surface area contributed by atoms with Gasteiger partial charge in [0, 0.05) is 48.6 Å². The summed E-state index contributed by atoms with van der Waals surface area (Å²) < 4.78 is 14.2. The van der Waals surface area contributed by atoms with Gasteiger partial charge >= 0.3 is 0 Å². The van der Waals surface area contributed by atoms with E-state index < -0.39 is 0 Å². The maximum Gasteiger partial charge on any atom is 0.226 e. The maximum absolute atomic E-state index is 14.2. The molecule has 1 saturated carbocycles. The highest BCUT2D eigenvalue weighted by atomic mass is 35.5. The van der Waals surface area contributed by atoms with Gasteiger partial charge in [0.15, 0.2) is 0 Å². The fraction of sp³-hybridized carbons (Fsp3) is 0.548. The minimum atomic E-state index is -0.238. The number of carbonyl (C=O) groups is 2. The van der Waals surface area contributed by atoms with E-state index in [0.717, 1.165) is 93.8 Å². The molecule has 2 aromatic rings. The first-order valence-corrected chi connectivity index (χ1v) is 14.6. The van der Waals surface area contributed by atoms with E-state index >= 15 is 0 Å². The molecule has 0 bridgehead atoms. The molecule has 2 amide bonds. The SMILES string of the molecule is CC(=O)N1CC2(CCN(CCC3c4cccc(Cl)c4CCN3C(=O)C3CCCC3)CC2)c2cc(F)ccc21. The number of hydrogen-bond acceptors (Lipinski definition) is 3. The molecule has 0 radical (unpaired) electrons. The molecule has 3 aliphatic heterocycles. The second-order valence-corrected chi connectivity index (χ2v) is 12.2. The summed E-state index contributed by atoms with van der Waals surface area (Å²) in [6, 6.07) is 11.0. The minimum absolute atomic E-state index is 0.0128. The van der Waals surface area contributed by atoms with Crippen molar-refractivity contribution < 1.29 is 14.0 Å². The van der Waals surface area contributed by atoms with Crippen molar-refractivity contribution in [3.63, 3.8) is 0 Å². The van der Waals surface area contributed by atoms with Crippen LogP contribution in [-0.4, -0.2) is 54.3 Å². The molecule has 3 heterocycles. The van der Waals surface area contributed by atoms with Crippen molar-refractivity contribution in [2.75, 3.05) is 37.6 Å². The Balaban J connectivity index is 1.17. The second-order valence-electron chi connectivity index (χ2n) is 11.8. The van der Waals surface area contributed by atoms with Crippen LogP contribution in [0.1, 0.15) is 74.6 Å². The van der Waals surface area contributed by atoms with Crippen LogP contribution in [0, 0.1) is 11.7 Å². The molecule has 6 rings (SSSR count). The smallest absolute Gasteiger partial charge is 0.226 e. The molecule has 5 nitrogen and oxygen atoms in total. The van der Waals surface area contributed by atoms with Crippen molar-refractivity contribution in [3.8, 4) is 0 Å². The summed E-state index contributed by atoms with van der Waals surface area (Å²) in [6.07, 6.45) is 7.82. The number of benzene rings is 2. The third-order valence-electron chi connectivity index (χ3n) is 9.67. The molecule has 2 fully saturated rings. The van der Waals surface area contributed by atoms with E-state index in [4.69, 9.17) is 11.6 Å². The predicted molar refractivity (Wildman–Crippen MR) is 148 cm³/mol. The van der Waals surface area contributed by atoms with Crippen molar-refractivity contribution >= 4 is 29.1 Å². The lowest BCUT2D eigenvalue weighted by atomic mass is 9.74. The summed E-state index contributed by atoms with van der Waals surface area (Å²) in [7, 11) is 0. The Morgan fingerprint density at radius 3 is 2.58 bits per heavy atom. The molecule has 1 spiro atoms. The monoisotopic (exact) mass is 537 g/mol. The van der Waals surface area contributed by atoms with Gasteiger partial charge in [0.05, 0.1) is 6.04 Å². The Hall–Kier alpha value is -2.44. The molecule has 7 heteroatoms. The summed E-state index contributed by atoms with van der Waals surface area (Å²) in [5, 5.41) is 0.808. The average Bonchev–Trinajstić information content (AvgIpc) is 3.56. The summed E-state index contributed by atoms with van der Waals surface area (Å²) in [6.45, 7) is 5.65. The van der Waals surface area contributed by atoms with E-state index in [1.54, 1.807) is 19.1 Å². The normalized spacial score (nSPS) is 23.1. The fourth-order valence-corrected chi connectivity index (χ4v) is 7.83. The minimum Gasteiger partial charge on any atom is -0.335 e. The van der Waals surface area contributed by atoms with Crippen molar-refractivity contribution in [2.24, 2.45) is 5.92 Å². The zero-order valence-electron chi connectivity index (χ0n) is 22.2. The Bertz CT molecular complexity index is 1240. The fourth-order valence-electron chi connectivity index (χ4n) is 7.55. The standard InChI is InChI=1S/C31H37ClFN3O2/c1-21(37)36-20-31(26-19-23(33)9-10-29(26)36)13-17-34(18-14-31)15-12-28-25-7-4-8-27(32)24(25)11-16-35(28)30(38)22-5-2-3-6-22/h4,7-10,19,22,28H,2-3,5-6,11-18,20H2,1H3. The van der Waals surface area contributed by atoms with Crippen LogP contribution < -0.4 is 4.90 Å². The Labute approximate surface area is 229 Å². The van der Waals surface area contributed by atoms with Gasteiger partial charge in [-0.1, -0.05) is 36.6 Å². The number of nitrogens with zero attached hydrogens (tertiary/aromatic N) is 3. The quantitative estimate of drug-likeness (QED) is 0.489. The summed E-state index contributed by atoms with van der Waals surface area (Å²) >= 11 is 6.60. The van der Waals surface area contributed by atoms with E-state index in [1.807, 2.05) is 17.0 Å².